The number of hydrogen-bond donors (Lipinski definition) is 1. The van der Waals surface area contributed by atoms with Gasteiger partial charge in [-0.2, -0.15) is 0 Å². The summed E-state index contributed by atoms with van der Waals surface area (Å²) in [6, 6.07) is 18.1. The molecular formula is C27H29ClN2O3S. The summed E-state index contributed by atoms with van der Waals surface area (Å²) in [5.41, 5.74) is 1.63. The normalized spacial score (nSPS) is 14.5. The minimum Gasteiger partial charge on any atom is -0.497 e. The SMILES string of the molecule is COc1cccc(CN(C(=O)Cc2cccs2)[C@H](C(=O)NC2CCCC2)c2ccc(Cl)cc2)c1. The predicted octanol–water partition coefficient (Wildman–Crippen LogP) is 5.78. The molecule has 0 unspecified atom stereocenters. The molecule has 7 heteroatoms. The van der Waals surface area contributed by atoms with Crippen molar-refractivity contribution >= 4 is 34.8 Å². The lowest BCUT2D eigenvalue weighted by molar-refractivity contribution is -0.141. The molecule has 0 saturated heterocycles. The van der Waals surface area contributed by atoms with E-state index in [2.05, 4.69) is 5.32 Å². The number of hydrogen-bond acceptors (Lipinski definition) is 4. The van der Waals surface area contributed by atoms with Crippen LogP contribution in [-0.4, -0.2) is 29.9 Å². The number of carbonyl (C=O) groups excluding carboxylic acids is 2. The zero-order chi connectivity index (χ0) is 23.9. The van der Waals surface area contributed by atoms with E-state index in [1.807, 2.05) is 53.9 Å². The molecule has 4 rings (SSSR count). The third-order valence-corrected chi connectivity index (χ3v) is 7.29. The Morgan fingerprint density at radius 2 is 1.88 bits per heavy atom. The van der Waals surface area contributed by atoms with Crippen LogP contribution in [0.15, 0.2) is 66.0 Å². The Morgan fingerprint density at radius 3 is 2.56 bits per heavy atom. The largest absolute Gasteiger partial charge is 0.497 e. The maximum absolute atomic E-state index is 13.7. The molecule has 5 nitrogen and oxygen atoms in total. The van der Waals surface area contributed by atoms with Gasteiger partial charge in [-0.1, -0.05) is 54.8 Å². The number of thiophene rings is 1. The highest BCUT2D eigenvalue weighted by molar-refractivity contribution is 7.10. The van der Waals surface area contributed by atoms with Crippen molar-refractivity contribution in [3.05, 3.63) is 87.1 Å². The third kappa shape index (κ3) is 6.19. The van der Waals surface area contributed by atoms with Gasteiger partial charge in [0.15, 0.2) is 0 Å². The smallest absolute Gasteiger partial charge is 0.247 e. The Hall–Kier alpha value is -2.83. The minimum absolute atomic E-state index is 0.105. The highest BCUT2D eigenvalue weighted by Crippen LogP contribution is 2.29. The first kappa shape index (κ1) is 24.3. The van der Waals surface area contributed by atoms with Crippen molar-refractivity contribution in [2.24, 2.45) is 0 Å². The summed E-state index contributed by atoms with van der Waals surface area (Å²) in [5.74, 6) is 0.449. The number of nitrogens with one attached hydrogen (secondary N) is 1. The van der Waals surface area contributed by atoms with Crippen molar-refractivity contribution in [3.63, 3.8) is 0 Å². The van der Waals surface area contributed by atoms with Crippen molar-refractivity contribution < 1.29 is 14.3 Å². The summed E-state index contributed by atoms with van der Waals surface area (Å²) in [6.45, 7) is 0.285. The lowest BCUT2D eigenvalue weighted by Gasteiger charge is -2.32. The van der Waals surface area contributed by atoms with Crippen molar-refractivity contribution in [2.75, 3.05) is 7.11 Å². The first-order valence-corrected chi connectivity index (χ1v) is 12.8. The zero-order valence-electron chi connectivity index (χ0n) is 19.2. The number of amides is 2. The van der Waals surface area contributed by atoms with E-state index < -0.39 is 6.04 Å². The summed E-state index contributed by atoms with van der Waals surface area (Å²) in [4.78, 5) is 30.0. The maximum Gasteiger partial charge on any atom is 0.247 e. The average Bonchev–Trinajstić information content (AvgIpc) is 3.54. The minimum atomic E-state index is -0.767. The van der Waals surface area contributed by atoms with Gasteiger partial charge >= 0.3 is 0 Å². The summed E-state index contributed by atoms with van der Waals surface area (Å²) in [6.07, 6.45) is 4.40. The molecule has 1 heterocycles. The van der Waals surface area contributed by atoms with E-state index in [1.54, 1.807) is 24.1 Å². The number of nitrogens with zero attached hydrogens (tertiary/aromatic N) is 1. The zero-order valence-corrected chi connectivity index (χ0v) is 20.8. The predicted molar refractivity (Wildman–Crippen MR) is 136 cm³/mol. The molecule has 1 saturated carbocycles. The molecule has 0 radical (unpaired) electrons. The van der Waals surface area contributed by atoms with E-state index in [-0.39, 0.29) is 30.8 Å². The third-order valence-electron chi connectivity index (χ3n) is 6.16. The summed E-state index contributed by atoms with van der Waals surface area (Å²) in [7, 11) is 1.62. The average molecular weight is 497 g/mol. The van der Waals surface area contributed by atoms with Crippen molar-refractivity contribution in [3.8, 4) is 5.75 Å². The molecule has 1 atom stereocenters. The van der Waals surface area contributed by atoms with Crippen molar-refractivity contribution in [1.82, 2.24) is 10.2 Å². The second kappa shape index (κ2) is 11.5. The highest BCUT2D eigenvalue weighted by atomic mass is 35.5. The number of ether oxygens (including phenoxy) is 1. The second-order valence-corrected chi connectivity index (χ2v) is 10.0. The van der Waals surface area contributed by atoms with E-state index >= 15 is 0 Å². The van der Waals surface area contributed by atoms with Gasteiger partial charge in [-0.25, -0.2) is 0 Å². The van der Waals surface area contributed by atoms with Gasteiger partial charge < -0.3 is 15.0 Å². The Kier molecular flexibility index (Phi) is 8.25. The first-order valence-electron chi connectivity index (χ1n) is 11.5. The van der Waals surface area contributed by atoms with Crippen LogP contribution in [0.4, 0.5) is 0 Å². The maximum atomic E-state index is 13.7. The van der Waals surface area contributed by atoms with Crippen LogP contribution in [0.3, 0.4) is 0 Å². The highest BCUT2D eigenvalue weighted by Gasteiger charge is 2.33. The molecule has 1 fully saturated rings. The Morgan fingerprint density at radius 1 is 1.12 bits per heavy atom. The number of halogens is 1. The standard InChI is InChI=1S/C27H29ClN2O3S/c1-33-23-9-4-6-19(16-23)18-30(25(31)17-24-10-5-15-34-24)26(20-11-13-21(28)14-12-20)27(32)29-22-7-2-3-8-22/h4-6,9-16,22,26H,2-3,7-8,17-18H2,1H3,(H,29,32)/t26-/m0/s1. The lowest BCUT2D eigenvalue weighted by atomic mass is 10.0. The molecule has 2 amide bonds. The molecular weight excluding hydrogens is 468 g/mol. The summed E-state index contributed by atoms with van der Waals surface area (Å²) < 4.78 is 5.38. The van der Waals surface area contributed by atoms with Gasteiger partial charge in [0.2, 0.25) is 11.8 Å². The number of rotatable bonds is 9. The van der Waals surface area contributed by atoms with Crippen LogP contribution in [0.1, 0.15) is 47.7 Å². The quantitative estimate of drug-likeness (QED) is 0.408. The van der Waals surface area contributed by atoms with Gasteiger partial charge in [0, 0.05) is 22.5 Å². The van der Waals surface area contributed by atoms with Crippen LogP contribution in [0.2, 0.25) is 5.02 Å². The van der Waals surface area contributed by atoms with Gasteiger partial charge in [0.1, 0.15) is 11.8 Å². The molecule has 1 aliphatic rings. The van der Waals surface area contributed by atoms with Gasteiger partial charge in [-0.3, -0.25) is 9.59 Å². The monoisotopic (exact) mass is 496 g/mol. The number of benzene rings is 2. The van der Waals surface area contributed by atoms with Crippen molar-refractivity contribution in [2.45, 2.75) is 50.7 Å². The van der Waals surface area contributed by atoms with E-state index in [9.17, 15) is 9.59 Å². The topological polar surface area (TPSA) is 58.6 Å². The fraction of sp³-hybridized carbons (Fsp3) is 0.333. The molecule has 1 aromatic heterocycles. The Labute approximate surface area is 209 Å². The van der Waals surface area contributed by atoms with Crippen molar-refractivity contribution in [1.29, 1.82) is 0 Å². The van der Waals surface area contributed by atoms with Crippen LogP contribution in [-0.2, 0) is 22.6 Å². The molecule has 178 valence electrons. The molecule has 0 bridgehead atoms. The second-order valence-electron chi connectivity index (χ2n) is 8.57. The van der Waals surface area contributed by atoms with Crippen LogP contribution >= 0.6 is 22.9 Å². The van der Waals surface area contributed by atoms with Crippen LogP contribution in [0, 0.1) is 0 Å². The van der Waals surface area contributed by atoms with Gasteiger partial charge in [0.05, 0.1) is 13.5 Å². The van der Waals surface area contributed by atoms with Gasteiger partial charge in [-0.05, 0) is 59.7 Å². The Bertz CT molecular complexity index is 1100. The number of carbonyl (C=O) groups is 2. The van der Waals surface area contributed by atoms with Gasteiger partial charge in [-0.15, -0.1) is 11.3 Å². The Balaban J connectivity index is 1.70. The lowest BCUT2D eigenvalue weighted by Crippen LogP contribution is -2.46. The molecule has 1 N–H and O–H groups in total. The summed E-state index contributed by atoms with van der Waals surface area (Å²) in [5, 5.41) is 5.75. The van der Waals surface area contributed by atoms with E-state index in [0.717, 1.165) is 41.7 Å². The molecule has 0 spiro atoms. The van der Waals surface area contributed by atoms with Crippen LogP contribution in [0.5, 0.6) is 5.75 Å². The number of methoxy groups -OCH3 is 1. The molecule has 2 aromatic carbocycles. The van der Waals surface area contributed by atoms with Gasteiger partial charge in [0.25, 0.3) is 0 Å². The summed E-state index contributed by atoms with van der Waals surface area (Å²) >= 11 is 7.68. The molecule has 0 aliphatic heterocycles. The molecule has 1 aliphatic carbocycles. The first-order chi connectivity index (χ1) is 16.5. The van der Waals surface area contributed by atoms with Crippen LogP contribution < -0.4 is 10.1 Å². The molecule has 34 heavy (non-hydrogen) atoms. The fourth-order valence-corrected chi connectivity index (χ4v) is 5.24. The van der Waals surface area contributed by atoms with E-state index in [0.29, 0.717) is 10.8 Å². The fourth-order valence-electron chi connectivity index (χ4n) is 4.42. The molecule has 3 aromatic rings. The van der Waals surface area contributed by atoms with Crippen LogP contribution in [0.25, 0.3) is 0 Å². The van der Waals surface area contributed by atoms with E-state index in [1.165, 1.54) is 11.3 Å². The van der Waals surface area contributed by atoms with E-state index in [4.69, 9.17) is 16.3 Å².